The summed E-state index contributed by atoms with van der Waals surface area (Å²) in [6, 6.07) is 3.19. The quantitative estimate of drug-likeness (QED) is 0.391. The van der Waals surface area contributed by atoms with Crippen LogP contribution in [-0.2, 0) is 4.79 Å². The van der Waals surface area contributed by atoms with Gasteiger partial charge in [0.25, 0.3) is 5.91 Å². The van der Waals surface area contributed by atoms with Crippen molar-refractivity contribution in [3.05, 3.63) is 39.7 Å². The number of piperazine rings is 1. The average Bonchev–Trinajstić information content (AvgIpc) is 3.27. The van der Waals surface area contributed by atoms with Gasteiger partial charge in [-0.2, -0.15) is 0 Å². The minimum absolute atomic E-state index is 0.0724. The predicted molar refractivity (Wildman–Crippen MR) is 115 cm³/mol. The SMILES string of the molecule is CC.Cc1ccc(=O)c2nc3c(C(N)=O)c4[nH]c(N5CCNC(=O)C5)c[nH]c4n3c12. The van der Waals surface area contributed by atoms with Gasteiger partial charge in [0.05, 0.1) is 17.6 Å². The van der Waals surface area contributed by atoms with E-state index in [1.807, 2.05) is 25.7 Å². The molecule has 5 N–H and O–H groups in total. The number of fused-ring (bicyclic) bond motifs is 5. The Morgan fingerprint density at radius 2 is 2.00 bits per heavy atom. The molecule has 10 heteroatoms. The van der Waals surface area contributed by atoms with Crippen molar-refractivity contribution in [2.45, 2.75) is 20.8 Å². The summed E-state index contributed by atoms with van der Waals surface area (Å²) >= 11 is 0. The maximum atomic E-state index is 12.3. The molecule has 0 radical (unpaired) electrons. The first-order valence-corrected chi connectivity index (χ1v) is 9.82. The highest BCUT2D eigenvalue weighted by molar-refractivity contribution is 6.12. The molecule has 4 heterocycles. The van der Waals surface area contributed by atoms with Gasteiger partial charge in [-0.05, 0) is 18.6 Å². The molecule has 1 fully saturated rings. The summed E-state index contributed by atoms with van der Waals surface area (Å²) in [5.74, 6) is -0.0704. The van der Waals surface area contributed by atoms with Crippen LogP contribution in [0.25, 0.3) is 27.8 Å². The summed E-state index contributed by atoms with van der Waals surface area (Å²) in [4.78, 5) is 48.9. The van der Waals surface area contributed by atoms with Crippen molar-refractivity contribution in [1.82, 2.24) is 24.7 Å². The molecule has 1 aliphatic heterocycles. The van der Waals surface area contributed by atoms with Gasteiger partial charge in [-0.15, -0.1) is 0 Å². The highest BCUT2D eigenvalue weighted by atomic mass is 16.2. The second-order valence-electron chi connectivity index (χ2n) is 6.88. The molecule has 0 aliphatic carbocycles. The lowest BCUT2D eigenvalue weighted by Crippen LogP contribution is -2.48. The summed E-state index contributed by atoms with van der Waals surface area (Å²) in [7, 11) is 0. The molecule has 156 valence electrons. The van der Waals surface area contributed by atoms with E-state index < -0.39 is 5.91 Å². The molecule has 0 unspecified atom stereocenters. The van der Waals surface area contributed by atoms with Crippen LogP contribution in [0.15, 0.2) is 23.1 Å². The maximum Gasteiger partial charge on any atom is 0.254 e. The van der Waals surface area contributed by atoms with E-state index in [1.165, 1.54) is 6.07 Å². The molecule has 0 atom stereocenters. The molecule has 1 saturated heterocycles. The number of nitrogens with two attached hydrogens (primary N) is 1. The van der Waals surface area contributed by atoms with Crippen LogP contribution in [0.4, 0.5) is 5.82 Å². The van der Waals surface area contributed by atoms with Gasteiger partial charge in [-0.25, -0.2) is 4.98 Å². The van der Waals surface area contributed by atoms with Gasteiger partial charge in [0.2, 0.25) is 11.3 Å². The molecule has 1 aliphatic rings. The molecule has 30 heavy (non-hydrogen) atoms. The van der Waals surface area contributed by atoms with Crippen LogP contribution in [-0.4, -0.2) is 50.8 Å². The number of benzene rings is 1. The van der Waals surface area contributed by atoms with Gasteiger partial charge in [-0.1, -0.05) is 19.9 Å². The molecular formula is C20H23N7O3. The van der Waals surface area contributed by atoms with Gasteiger partial charge in [0, 0.05) is 19.3 Å². The third kappa shape index (κ3) is 2.79. The Kier molecular flexibility index (Phi) is 4.69. The lowest BCUT2D eigenvalue weighted by molar-refractivity contribution is -0.120. The van der Waals surface area contributed by atoms with Crippen LogP contribution in [0, 0.1) is 6.92 Å². The number of carbonyl (C=O) groups is 2. The van der Waals surface area contributed by atoms with Crippen LogP contribution in [0.1, 0.15) is 29.8 Å². The van der Waals surface area contributed by atoms with Crippen LogP contribution >= 0.6 is 0 Å². The van der Waals surface area contributed by atoms with E-state index in [0.29, 0.717) is 46.8 Å². The van der Waals surface area contributed by atoms with Crippen LogP contribution in [0.2, 0.25) is 0 Å². The number of carbonyl (C=O) groups excluding carboxylic acids is 2. The van der Waals surface area contributed by atoms with Crippen molar-refractivity contribution >= 4 is 45.5 Å². The first kappa shape index (κ1) is 19.5. The highest BCUT2D eigenvalue weighted by Gasteiger charge is 2.25. The van der Waals surface area contributed by atoms with E-state index in [1.54, 1.807) is 16.7 Å². The number of amides is 2. The zero-order chi connectivity index (χ0) is 21.6. The average molecular weight is 409 g/mol. The molecule has 5 rings (SSSR count). The molecule has 4 aromatic rings. The van der Waals surface area contributed by atoms with E-state index >= 15 is 0 Å². The van der Waals surface area contributed by atoms with E-state index in [-0.39, 0.29) is 23.4 Å². The summed E-state index contributed by atoms with van der Waals surface area (Å²) in [5.41, 5.74) is 8.81. The summed E-state index contributed by atoms with van der Waals surface area (Å²) in [5, 5.41) is 2.77. The number of aromatic amines is 2. The zero-order valence-corrected chi connectivity index (χ0v) is 17.0. The second kappa shape index (κ2) is 7.21. The molecule has 0 bridgehead atoms. The number of rotatable bonds is 2. The Morgan fingerprint density at radius 1 is 1.23 bits per heavy atom. The topological polar surface area (TPSA) is 141 Å². The maximum absolute atomic E-state index is 12.3. The Hall–Kier alpha value is -3.82. The Morgan fingerprint density at radius 3 is 2.70 bits per heavy atom. The van der Waals surface area contributed by atoms with Crippen LogP contribution < -0.4 is 21.4 Å². The first-order valence-electron chi connectivity index (χ1n) is 9.82. The number of anilines is 1. The predicted octanol–water partition coefficient (Wildman–Crippen LogP) is 1.03. The second-order valence-corrected chi connectivity index (χ2v) is 6.88. The number of imidazole rings is 1. The summed E-state index contributed by atoms with van der Waals surface area (Å²) in [6.07, 6.45) is 1.73. The number of primary amides is 1. The Bertz CT molecular complexity index is 1360. The van der Waals surface area contributed by atoms with Crippen molar-refractivity contribution in [1.29, 1.82) is 0 Å². The fraction of sp³-hybridized carbons (Fsp3) is 0.300. The van der Waals surface area contributed by atoms with Crippen LogP contribution in [0.5, 0.6) is 0 Å². The molecule has 3 aromatic heterocycles. The van der Waals surface area contributed by atoms with Gasteiger partial charge < -0.3 is 25.9 Å². The van der Waals surface area contributed by atoms with E-state index in [9.17, 15) is 14.4 Å². The monoisotopic (exact) mass is 409 g/mol. The van der Waals surface area contributed by atoms with Crippen molar-refractivity contribution in [2.75, 3.05) is 24.5 Å². The third-order valence-corrected chi connectivity index (χ3v) is 5.13. The van der Waals surface area contributed by atoms with Crippen LogP contribution in [0.3, 0.4) is 0 Å². The largest absolute Gasteiger partial charge is 0.365 e. The van der Waals surface area contributed by atoms with Gasteiger partial charge in [0.1, 0.15) is 22.5 Å². The third-order valence-electron chi connectivity index (χ3n) is 5.13. The number of aromatic nitrogens is 4. The van der Waals surface area contributed by atoms with Gasteiger partial charge >= 0.3 is 0 Å². The van der Waals surface area contributed by atoms with Crippen molar-refractivity contribution in [2.24, 2.45) is 5.73 Å². The molecular weight excluding hydrogens is 386 g/mol. The number of hydrogen-bond donors (Lipinski definition) is 4. The molecule has 2 amide bonds. The molecule has 0 saturated carbocycles. The van der Waals surface area contributed by atoms with Gasteiger partial charge in [-0.3, -0.25) is 18.8 Å². The lowest BCUT2D eigenvalue weighted by atomic mass is 10.2. The normalized spacial score (nSPS) is 14.1. The minimum atomic E-state index is -0.654. The fourth-order valence-corrected chi connectivity index (χ4v) is 3.85. The minimum Gasteiger partial charge on any atom is -0.365 e. The summed E-state index contributed by atoms with van der Waals surface area (Å²) in [6.45, 7) is 7.25. The fourth-order valence-electron chi connectivity index (χ4n) is 3.85. The van der Waals surface area contributed by atoms with E-state index in [4.69, 9.17) is 5.73 Å². The Labute approximate surface area is 171 Å². The highest BCUT2D eigenvalue weighted by Crippen LogP contribution is 2.29. The first-order chi connectivity index (χ1) is 14.5. The number of nitrogens with zero attached hydrogens (tertiary/aromatic N) is 3. The van der Waals surface area contributed by atoms with Crippen molar-refractivity contribution in [3.63, 3.8) is 0 Å². The number of H-pyrrole nitrogens is 2. The standard InChI is InChI=1S/C18H17N7O3.C2H6/c1-8-2-3-9(26)13-15(8)25-17(23-13)12(16(19)28)14-18(25)21-6-10(22-14)24-5-4-20-11(27)7-24;1-2/h2-3,6,21-22H,4-5,7H2,1H3,(H2,19,28)(H,20,27);1-2H3. The zero-order valence-electron chi connectivity index (χ0n) is 17.0. The number of aryl methyl sites for hydroxylation is 1. The van der Waals surface area contributed by atoms with E-state index in [2.05, 4.69) is 20.3 Å². The smallest absolute Gasteiger partial charge is 0.254 e. The molecule has 10 nitrogen and oxygen atoms in total. The van der Waals surface area contributed by atoms with Crippen molar-refractivity contribution in [3.8, 4) is 0 Å². The lowest BCUT2D eigenvalue weighted by Gasteiger charge is -2.28. The summed E-state index contributed by atoms with van der Waals surface area (Å²) < 4.78 is 1.74. The number of hydrogen-bond acceptors (Lipinski definition) is 5. The van der Waals surface area contributed by atoms with Gasteiger partial charge in [0.15, 0.2) is 5.65 Å². The molecule has 0 spiro atoms. The van der Waals surface area contributed by atoms with E-state index in [0.717, 1.165) is 5.56 Å². The van der Waals surface area contributed by atoms with Crippen molar-refractivity contribution < 1.29 is 9.59 Å². The Balaban J connectivity index is 0.00000106. The number of nitrogens with one attached hydrogen (secondary N) is 3. The molecule has 1 aromatic carbocycles.